The van der Waals surface area contributed by atoms with Crippen molar-refractivity contribution in [2.24, 2.45) is 5.92 Å². The van der Waals surface area contributed by atoms with Gasteiger partial charge in [0.25, 0.3) is 0 Å². The van der Waals surface area contributed by atoms with Crippen molar-refractivity contribution < 1.29 is 22.3 Å². The van der Waals surface area contributed by atoms with Gasteiger partial charge in [-0.2, -0.15) is 13.2 Å². The van der Waals surface area contributed by atoms with Gasteiger partial charge in [-0.05, 0) is 72.2 Å². The number of ether oxygens (including phenoxy) is 1. The number of hydrogen-bond acceptors (Lipinski definition) is 3. The number of pyridine rings is 1. The van der Waals surface area contributed by atoms with Gasteiger partial charge in [-0.1, -0.05) is 42.5 Å². The molecule has 3 aromatic carbocycles. The smallest absolute Gasteiger partial charge is 0.417 e. The lowest BCUT2D eigenvalue weighted by Crippen LogP contribution is -2.08. The maximum Gasteiger partial charge on any atom is 0.417 e. The van der Waals surface area contributed by atoms with E-state index < -0.39 is 11.7 Å². The summed E-state index contributed by atoms with van der Waals surface area (Å²) in [5, 5.41) is 0. The standard InChI is InChI=1S/C31H25F4N3O/c1-19-3-2-4-25(29(19)32)30-36-27-13-14-38(17-28(27)37-30)16-20-7-9-22(10-8-20)24-12-11-23(39-18-21-5-6-21)15-26(24)31(33,34)35/h2-4,7-15,17,21H,5-6,16,18H2,1H3. The number of imidazole rings is 1. The van der Waals surface area contributed by atoms with Crippen LogP contribution < -0.4 is 4.74 Å². The molecule has 1 saturated carbocycles. The molecule has 198 valence electrons. The van der Waals surface area contributed by atoms with Gasteiger partial charge in [-0.15, -0.1) is 0 Å². The number of rotatable bonds is 7. The predicted molar refractivity (Wildman–Crippen MR) is 141 cm³/mol. The molecule has 8 heteroatoms. The van der Waals surface area contributed by atoms with Gasteiger partial charge < -0.3 is 9.30 Å². The molecule has 0 N–H and O–H groups in total. The maximum atomic E-state index is 14.6. The van der Waals surface area contributed by atoms with Gasteiger partial charge in [0.1, 0.15) is 17.3 Å². The minimum absolute atomic E-state index is 0.116. The highest BCUT2D eigenvalue weighted by molar-refractivity contribution is 5.70. The topological polar surface area (TPSA) is 39.9 Å². The van der Waals surface area contributed by atoms with Gasteiger partial charge in [-0.25, -0.2) is 14.4 Å². The molecule has 0 bridgehead atoms. The summed E-state index contributed by atoms with van der Waals surface area (Å²) in [7, 11) is 0. The third-order valence-corrected chi connectivity index (χ3v) is 6.97. The van der Waals surface area contributed by atoms with E-state index in [9.17, 15) is 17.6 Å². The molecular weight excluding hydrogens is 506 g/mol. The van der Waals surface area contributed by atoms with Crippen LogP contribution in [0.25, 0.3) is 33.9 Å². The summed E-state index contributed by atoms with van der Waals surface area (Å²) in [5.41, 5.74) is 2.96. The van der Waals surface area contributed by atoms with E-state index in [4.69, 9.17) is 4.74 Å². The zero-order chi connectivity index (χ0) is 27.1. The second-order valence-electron chi connectivity index (χ2n) is 10.0. The van der Waals surface area contributed by atoms with Crippen molar-refractivity contribution in [1.29, 1.82) is 0 Å². The second kappa shape index (κ2) is 9.84. The van der Waals surface area contributed by atoms with Gasteiger partial charge in [-0.3, -0.25) is 0 Å². The van der Waals surface area contributed by atoms with Crippen molar-refractivity contribution in [3.63, 3.8) is 0 Å². The predicted octanol–water partition coefficient (Wildman–Crippen LogP) is 8.02. The molecule has 39 heavy (non-hydrogen) atoms. The Bertz CT molecular complexity index is 1600. The summed E-state index contributed by atoms with van der Waals surface area (Å²) >= 11 is 0. The Balaban J connectivity index is 1.22. The van der Waals surface area contributed by atoms with Crippen LogP contribution in [-0.4, -0.2) is 21.1 Å². The average Bonchev–Trinajstić information content (AvgIpc) is 3.66. The highest BCUT2D eigenvalue weighted by Crippen LogP contribution is 2.40. The molecular formula is C31H25F4N3O. The van der Waals surface area contributed by atoms with Gasteiger partial charge in [0, 0.05) is 18.9 Å². The molecule has 1 fully saturated rings. The molecule has 0 unspecified atom stereocenters. The van der Waals surface area contributed by atoms with Crippen molar-refractivity contribution in [2.45, 2.75) is 32.5 Å². The highest BCUT2D eigenvalue weighted by Gasteiger charge is 2.34. The molecule has 1 aliphatic carbocycles. The summed E-state index contributed by atoms with van der Waals surface area (Å²) < 4.78 is 63.7. The number of benzene rings is 3. The van der Waals surface area contributed by atoms with Crippen LogP contribution in [0.2, 0.25) is 0 Å². The Morgan fingerprint density at radius 3 is 2.44 bits per heavy atom. The average molecular weight is 532 g/mol. The van der Waals surface area contributed by atoms with E-state index in [0.29, 0.717) is 53.0 Å². The molecule has 0 saturated heterocycles. The molecule has 0 spiro atoms. The Morgan fingerprint density at radius 2 is 1.69 bits per heavy atom. The third-order valence-electron chi connectivity index (χ3n) is 6.97. The first-order valence-corrected chi connectivity index (χ1v) is 12.8. The zero-order valence-electron chi connectivity index (χ0n) is 21.2. The van der Waals surface area contributed by atoms with Crippen LogP contribution in [0.15, 0.2) is 79.1 Å². The van der Waals surface area contributed by atoms with Crippen LogP contribution >= 0.6 is 0 Å². The molecule has 6 rings (SSSR count). The number of aromatic nitrogens is 3. The first-order chi connectivity index (χ1) is 18.7. The highest BCUT2D eigenvalue weighted by atomic mass is 19.4. The molecule has 3 aromatic rings. The molecule has 0 radical (unpaired) electrons. The van der Waals surface area contributed by atoms with Crippen molar-refractivity contribution in [3.05, 3.63) is 102 Å². The number of fused-ring (bicyclic) bond motifs is 1. The van der Waals surface area contributed by atoms with Crippen LogP contribution in [0, 0.1) is 18.7 Å². The summed E-state index contributed by atoms with van der Waals surface area (Å²) in [6.07, 6.45) is 1.31. The van der Waals surface area contributed by atoms with Gasteiger partial charge in [0.2, 0.25) is 0 Å². The summed E-state index contributed by atoms with van der Waals surface area (Å²) in [5.74, 6) is 0.687. The molecule has 3 aliphatic rings. The zero-order valence-corrected chi connectivity index (χ0v) is 21.2. The van der Waals surface area contributed by atoms with E-state index in [1.807, 2.05) is 35.2 Å². The first kappa shape index (κ1) is 25.1. The molecule has 4 nitrogen and oxygen atoms in total. The SMILES string of the molecule is Cc1cccc(-c2nc3ccn(Cc4ccc(-c5ccc(OCC6CC6)cc5C(F)(F)F)cc4)cc-3n2)c1F. The molecule has 2 heterocycles. The third kappa shape index (κ3) is 5.37. The van der Waals surface area contributed by atoms with E-state index >= 15 is 0 Å². The van der Waals surface area contributed by atoms with Crippen LogP contribution in [0.4, 0.5) is 17.6 Å². The van der Waals surface area contributed by atoms with Crippen molar-refractivity contribution in [1.82, 2.24) is 14.5 Å². The van der Waals surface area contributed by atoms with E-state index in [-0.39, 0.29) is 17.1 Å². The Kier molecular flexibility index (Phi) is 6.33. The minimum Gasteiger partial charge on any atom is -0.493 e. The van der Waals surface area contributed by atoms with Crippen molar-refractivity contribution >= 4 is 0 Å². The van der Waals surface area contributed by atoms with E-state index in [1.54, 1.807) is 43.3 Å². The normalized spacial score (nSPS) is 13.7. The summed E-state index contributed by atoms with van der Waals surface area (Å²) in [6.45, 7) is 2.64. The van der Waals surface area contributed by atoms with Crippen LogP contribution in [0.5, 0.6) is 5.75 Å². The second-order valence-corrected chi connectivity index (χ2v) is 10.0. The fourth-order valence-electron chi connectivity index (χ4n) is 4.59. The Labute approximate surface area is 223 Å². The van der Waals surface area contributed by atoms with Gasteiger partial charge >= 0.3 is 6.18 Å². The van der Waals surface area contributed by atoms with E-state index in [1.165, 1.54) is 6.07 Å². The van der Waals surface area contributed by atoms with Gasteiger partial charge in [0.05, 0.1) is 23.4 Å². The lowest BCUT2D eigenvalue weighted by Gasteiger charge is -2.16. The first-order valence-electron chi connectivity index (χ1n) is 12.8. The number of aryl methyl sites for hydroxylation is 1. The molecule has 0 atom stereocenters. The summed E-state index contributed by atoms with van der Waals surface area (Å²) in [6, 6.07) is 18.1. The number of alkyl halides is 3. The lowest BCUT2D eigenvalue weighted by molar-refractivity contribution is -0.137. The minimum atomic E-state index is -4.50. The van der Waals surface area contributed by atoms with Crippen molar-refractivity contribution in [2.75, 3.05) is 6.61 Å². The van der Waals surface area contributed by atoms with E-state index in [2.05, 4.69) is 9.97 Å². The lowest BCUT2D eigenvalue weighted by atomic mass is 9.98. The monoisotopic (exact) mass is 531 g/mol. The van der Waals surface area contributed by atoms with Gasteiger partial charge in [0.15, 0.2) is 5.82 Å². The molecule has 0 amide bonds. The molecule has 0 aromatic heterocycles. The Hall–Kier alpha value is -4.20. The van der Waals surface area contributed by atoms with Crippen LogP contribution in [0.1, 0.15) is 29.5 Å². The van der Waals surface area contributed by atoms with Crippen LogP contribution in [0.3, 0.4) is 0 Å². The fourth-order valence-corrected chi connectivity index (χ4v) is 4.59. The largest absolute Gasteiger partial charge is 0.493 e. The number of hydrogen-bond donors (Lipinski definition) is 0. The quantitative estimate of drug-likeness (QED) is 0.200. The van der Waals surface area contributed by atoms with Crippen LogP contribution in [-0.2, 0) is 12.7 Å². The summed E-state index contributed by atoms with van der Waals surface area (Å²) in [4.78, 5) is 8.99. The Morgan fingerprint density at radius 1 is 0.923 bits per heavy atom. The van der Waals surface area contributed by atoms with Crippen molar-refractivity contribution in [3.8, 4) is 39.7 Å². The maximum absolute atomic E-state index is 14.6. The van der Waals surface area contributed by atoms with E-state index in [0.717, 1.165) is 24.5 Å². The fraction of sp³-hybridized carbons (Fsp3) is 0.226. The number of nitrogens with zero attached hydrogens (tertiary/aromatic N) is 3. The number of halogens is 4. The molecule has 2 aliphatic heterocycles.